The molecule has 0 fully saturated rings. The first kappa shape index (κ1) is 9.21. The molecular formula is C10H8N4O. The van der Waals surface area contributed by atoms with Crippen LogP contribution >= 0.6 is 0 Å². The Balaban J connectivity index is 2.86. The van der Waals surface area contributed by atoms with Gasteiger partial charge in [-0.05, 0) is 19.1 Å². The topological polar surface area (TPSA) is 70.7 Å². The van der Waals surface area contributed by atoms with Crippen LogP contribution in [0.1, 0.15) is 5.82 Å². The second-order valence-electron chi connectivity index (χ2n) is 3.04. The maximum absolute atomic E-state index is 11.8. The molecule has 0 aliphatic heterocycles. The van der Waals surface area contributed by atoms with Crippen molar-refractivity contribution in [2.45, 2.75) is 6.92 Å². The minimum Gasteiger partial charge on any atom is -0.267 e. The average molecular weight is 200 g/mol. The Labute approximate surface area is 85.6 Å². The Morgan fingerprint density at radius 3 is 2.93 bits per heavy atom. The van der Waals surface area contributed by atoms with Crippen molar-refractivity contribution in [3.63, 3.8) is 0 Å². The minimum absolute atomic E-state index is 0.264. The zero-order chi connectivity index (χ0) is 10.8. The molecular weight excluding hydrogens is 192 g/mol. The predicted molar refractivity (Wildman–Crippen MR) is 55.7 cm³/mol. The number of nitrogens with zero attached hydrogens (tertiary/aromatic N) is 3. The summed E-state index contributed by atoms with van der Waals surface area (Å²) in [7, 11) is 0. The summed E-state index contributed by atoms with van der Waals surface area (Å²) in [6, 6.07) is 7.02. The maximum atomic E-state index is 11.8. The van der Waals surface area contributed by atoms with Crippen LogP contribution in [0.5, 0.6) is 0 Å². The number of rotatable bonds is 1. The zero-order valence-electron chi connectivity index (χ0n) is 8.06. The molecule has 0 saturated heterocycles. The molecule has 0 radical (unpaired) electrons. The molecule has 0 spiro atoms. The van der Waals surface area contributed by atoms with Gasteiger partial charge in [-0.3, -0.25) is 4.79 Å². The van der Waals surface area contributed by atoms with E-state index in [2.05, 4.69) is 10.4 Å². The zero-order valence-corrected chi connectivity index (χ0v) is 8.06. The molecule has 0 amide bonds. The van der Waals surface area contributed by atoms with Crippen molar-refractivity contribution in [3.8, 4) is 6.19 Å². The van der Waals surface area contributed by atoms with Crippen LogP contribution in [-0.4, -0.2) is 9.66 Å². The van der Waals surface area contributed by atoms with Crippen LogP contribution in [0.4, 0.5) is 0 Å². The molecule has 0 aliphatic rings. The molecule has 2 aromatic rings. The molecule has 5 heteroatoms. The largest absolute Gasteiger partial charge is 0.280 e. The number of benzene rings is 1. The van der Waals surface area contributed by atoms with Crippen molar-refractivity contribution >= 4 is 10.9 Å². The minimum atomic E-state index is -0.264. The predicted octanol–water partition coefficient (Wildman–Crippen LogP) is 0.729. The van der Waals surface area contributed by atoms with Crippen molar-refractivity contribution < 1.29 is 0 Å². The third kappa shape index (κ3) is 1.42. The lowest BCUT2D eigenvalue weighted by molar-refractivity contribution is 0.827. The average Bonchev–Trinajstić information content (AvgIpc) is 2.24. The fourth-order valence-electron chi connectivity index (χ4n) is 1.43. The van der Waals surface area contributed by atoms with E-state index in [1.165, 1.54) is 0 Å². The van der Waals surface area contributed by atoms with Crippen molar-refractivity contribution in [2.24, 2.45) is 0 Å². The molecule has 0 atom stereocenters. The van der Waals surface area contributed by atoms with Crippen LogP contribution < -0.4 is 11.0 Å². The number of para-hydroxylation sites is 1. The number of aromatic nitrogens is 2. The summed E-state index contributed by atoms with van der Waals surface area (Å²) < 4.78 is 1.13. The molecule has 0 bridgehead atoms. The van der Waals surface area contributed by atoms with Crippen LogP contribution in [0.25, 0.3) is 10.9 Å². The number of nitrogens with one attached hydrogen (secondary N) is 1. The molecule has 5 nitrogen and oxygen atoms in total. The SMILES string of the molecule is Cc1nc2ccccc2c(=O)n1NC#N. The molecule has 0 aliphatic carbocycles. The Hall–Kier alpha value is -2.35. The van der Waals surface area contributed by atoms with Crippen LogP contribution in [0.2, 0.25) is 0 Å². The van der Waals surface area contributed by atoms with Gasteiger partial charge in [0, 0.05) is 0 Å². The van der Waals surface area contributed by atoms with Gasteiger partial charge in [-0.25, -0.2) is 10.4 Å². The quantitative estimate of drug-likeness (QED) is 0.544. The summed E-state index contributed by atoms with van der Waals surface area (Å²) >= 11 is 0. The summed E-state index contributed by atoms with van der Waals surface area (Å²) in [6.45, 7) is 1.66. The smallest absolute Gasteiger partial charge is 0.267 e. The maximum Gasteiger partial charge on any atom is 0.280 e. The fourth-order valence-corrected chi connectivity index (χ4v) is 1.43. The van der Waals surface area contributed by atoms with Gasteiger partial charge in [-0.1, -0.05) is 12.1 Å². The molecule has 15 heavy (non-hydrogen) atoms. The third-order valence-electron chi connectivity index (χ3n) is 2.11. The highest BCUT2D eigenvalue weighted by Crippen LogP contribution is 2.05. The summed E-state index contributed by atoms with van der Waals surface area (Å²) in [6.07, 6.45) is 1.70. The second-order valence-corrected chi connectivity index (χ2v) is 3.04. The van der Waals surface area contributed by atoms with Crippen molar-refractivity contribution in [1.82, 2.24) is 9.66 Å². The van der Waals surface area contributed by atoms with E-state index >= 15 is 0 Å². The Kier molecular flexibility index (Phi) is 2.10. The van der Waals surface area contributed by atoms with Gasteiger partial charge in [0.05, 0.1) is 10.9 Å². The second kappa shape index (κ2) is 3.42. The van der Waals surface area contributed by atoms with Gasteiger partial charge >= 0.3 is 0 Å². The van der Waals surface area contributed by atoms with Gasteiger partial charge in [0.25, 0.3) is 5.56 Å². The molecule has 2 rings (SSSR count). The number of fused-ring (bicyclic) bond motifs is 1. The van der Waals surface area contributed by atoms with Gasteiger partial charge in [0.15, 0.2) is 6.19 Å². The molecule has 0 saturated carbocycles. The molecule has 0 unspecified atom stereocenters. The van der Waals surface area contributed by atoms with E-state index in [4.69, 9.17) is 5.26 Å². The Bertz CT molecular complexity index is 609. The molecule has 1 heterocycles. The van der Waals surface area contributed by atoms with E-state index in [0.717, 1.165) is 4.68 Å². The van der Waals surface area contributed by atoms with Crippen molar-refractivity contribution in [1.29, 1.82) is 5.26 Å². The van der Waals surface area contributed by atoms with E-state index in [1.807, 2.05) is 6.07 Å². The first-order valence-corrected chi connectivity index (χ1v) is 4.37. The lowest BCUT2D eigenvalue weighted by Gasteiger charge is -2.06. The highest BCUT2D eigenvalue weighted by Gasteiger charge is 2.05. The lowest BCUT2D eigenvalue weighted by Crippen LogP contribution is -2.29. The van der Waals surface area contributed by atoms with E-state index in [1.54, 1.807) is 31.3 Å². The van der Waals surface area contributed by atoms with Crippen LogP contribution in [0.3, 0.4) is 0 Å². The highest BCUT2D eigenvalue weighted by atomic mass is 16.1. The summed E-state index contributed by atoms with van der Waals surface area (Å²) in [4.78, 5) is 16.1. The van der Waals surface area contributed by atoms with Gasteiger partial charge in [-0.2, -0.15) is 9.94 Å². The fraction of sp³-hybridized carbons (Fsp3) is 0.100. The summed E-state index contributed by atoms with van der Waals surface area (Å²) in [5.41, 5.74) is 2.65. The molecule has 1 aromatic carbocycles. The first-order chi connectivity index (χ1) is 7.24. The van der Waals surface area contributed by atoms with E-state index < -0.39 is 0 Å². The van der Waals surface area contributed by atoms with Gasteiger partial charge < -0.3 is 0 Å². The molecule has 1 N–H and O–H groups in total. The number of hydrogen-bond acceptors (Lipinski definition) is 4. The van der Waals surface area contributed by atoms with Crippen LogP contribution in [0, 0.1) is 18.4 Å². The normalized spacial score (nSPS) is 9.87. The van der Waals surface area contributed by atoms with E-state index in [-0.39, 0.29) is 5.56 Å². The van der Waals surface area contributed by atoms with Crippen LogP contribution in [0.15, 0.2) is 29.1 Å². The first-order valence-electron chi connectivity index (χ1n) is 4.37. The summed E-state index contributed by atoms with van der Waals surface area (Å²) in [5, 5.41) is 8.98. The molecule has 74 valence electrons. The number of aryl methyl sites for hydroxylation is 1. The van der Waals surface area contributed by atoms with Crippen molar-refractivity contribution in [2.75, 3.05) is 5.43 Å². The Morgan fingerprint density at radius 2 is 2.20 bits per heavy atom. The van der Waals surface area contributed by atoms with Gasteiger partial charge in [-0.15, -0.1) is 0 Å². The van der Waals surface area contributed by atoms with Crippen LogP contribution in [-0.2, 0) is 0 Å². The third-order valence-corrected chi connectivity index (χ3v) is 2.11. The number of nitriles is 1. The monoisotopic (exact) mass is 200 g/mol. The standard InChI is InChI=1S/C10H8N4O/c1-7-13-9-5-3-2-4-8(9)10(15)14(7)12-6-11/h2-5,12H,1H3. The van der Waals surface area contributed by atoms with E-state index in [9.17, 15) is 4.79 Å². The number of hydrogen-bond donors (Lipinski definition) is 1. The lowest BCUT2D eigenvalue weighted by atomic mass is 10.2. The van der Waals surface area contributed by atoms with Crippen molar-refractivity contribution in [3.05, 3.63) is 40.4 Å². The summed E-state index contributed by atoms with van der Waals surface area (Å²) in [5.74, 6) is 0.459. The molecule has 1 aromatic heterocycles. The van der Waals surface area contributed by atoms with Gasteiger partial charge in [0.1, 0.15) is 5.82 Å². The highest BCUT2D eigenvalue weighted by molar-refractivity contribution is 5.77. The van der Waals surface area contributed by atoms with E-state index in [0.29, 0.717) is 16.7 Å². The van der Waals surface area contributed by atoms with Gasteiger partial charge in [0.2, 0.25) is 0 Å². The Morgan fingerprint density at radius 1 is 1.47 bits per heavy atom.